The van der Waals surface area contributed by atoms with E-state index in [1.54, 1.807) is 12.4 Å². The normalized spacial score (nSPS) is 15.7. The first-order chi connectivity index (χ1) is 16.1. The smallest absolute Gasteiger partial charge is 0.229 e. The Bertz CT molecular complexity index is 1550. The molecule has 1 aromatic carbocycles. The Morgan fingerprint density at radius 2 is 2.03 bits per heavy atom. The number of aromatic nitrogens is 4. The summed E-state index contributed by atoms with van der Waals surface area (Å²) in [4.78, 5) is 25.8. The standard InChI is InChI=1S/C26H22N6O/c1-28-24-19-15-29-22(26(9-10-26)25(27)33)13-18(19)17(14-30-24)7-5-16-6-8-20-21(12-16)32-11-3-2-4-23(32)31-20/h2,4,6,8,12-15H,3,9-11H2,1H3,(H2,27,33)(H,28,30). The molecule has 1 saturated carbocycles. The molecule has 1 fully saturated rings. The SMILES string of the molecule is CNc1ncc(C#Cc2ccc3nc4n(c3c2)CCC=C4)c2cc(C3(C(N)=O)CC3)ncc12. The lowest BCUT2D eigenvalue weighted by Crippen LogP contribution is -2.29. The van der Waals surface area contributed by atoms with Gasteiger partial charge in [0.25, 0.3) is 0 Å². The van der Waals surface area contributed by atoms with Crippen LogP contribution in [-0.4, -0.2) is 32.5 Å². The van der Waals surface area contributed by atoms with E-state index in [1.165, 1.54) is 0 Å². The Labute approximate surface area is 190 Å². The molecule has 3 aromatic heterocycles. The van der Waals surface area contributed by atoms with Crippen LogP contribution in [0.4, 0.5) is 5.82 Å². The molecule has 2 aliphatic rings. The van der Waals surface area contributed by atoms with Crippen molar-refractivity contribution < 1.29 is 4.79 Å². The number of carbonyl (C=O) groups is 1. The van der Waals surface area contributed by atoms with E-state index in [0.29, 0.717) is 5.69 Å². The topological polar surface area (TPSA) is 98.7 Å². The summed E-state index contributed by atoms with van der Waals surface area (Å²) < 4.78 is 2.23. The van der Waals surface area contributed by atoms with Crippen molar-refractivity contribution >= 4 is 39.6 Å². The minimum Gasteiger partial charge on any atom is -0.373 e. The van der Waals surface area contributed by atoms with Gasteiger partial charge in [0, 0.05) is 42.3 Å². The fourth-order valence-corrected chi connectivity index (χ4v) is 4.56. The van der Waals surface area contributed by atoms with E-state index in [1.807, 2.05) is 25.2 Å². The van der Waals surface area contributed by atoms with Gasteiger partial charge in [-0.1, -0.05) is 17.9 Å². The third kappa shape index (κ3) is 3.06. The predicted molar refractivity (Wildman–Crippen MR) is 129 cm³/mol. The van der Waals surface area contributed by atoms with Crippen molar-refractivity contribution in [3.8, 4) is 11.8 Å². The predicted octanol–water partition coefficient (Wildman–Crippen LogP) is 3.35. The number of aryl methyl sites for hydroxylation is 1. The third-order valence-corrected chi connectivity index (χ3v) is 6.63. The first-order valence-corrected chi connectivity index (χ1v) is 11.0. The minimum atomic E-state index is -0.650. The van der Waals surface area contributed by atoms with Gasteiger partial charge >= 0.3 is 0 Å². The van der Waals surface area contributed by atoms with Gasteiger partial charge in [0.2, 0.25) is 5.91 Å². The molecule has 6 rings (SSSR count). The van der Waals surface area contributed by atoms with E-state index in [2.05, 4.69) is 49.9 Å². The van der Waals surface area contributed by atoms with Gasteiger partial charge in [0.1, 0.15) is 11.6 Å². The van der Waals surface area contributed by atoms with Gasteiger partial charge in [-0.3, -0.25) is 9.78 Å². The molecular weight excluding hydrogens is 412 g/mol. The highest BCUT2D eigenvalue weighted by Crippen LogP contribution is 2.47. The Morgan fingerprint density at radius 3 is 2.82 bits per heavy atom. The van der Waals surface area contributed by atoms with E-state index in [9.17, 15) is 4.79 Å². The maximum absolute atomic E-state index is 12.0. The lowest BCUT2D eigenvalue weighted by Gasteiger charge is -2.13. The van der Waals surface area contributed by atoms with Crippen molar-refractivity contribution in [1.82, 2.24) is 19.5 Å². The molecule has 0 saturated heterocycles. The van der Waals surface area contributed by atoms with Crippen LogP contribution in [0, 0.1) is 11.8 Å². The van der Waals surface area contributed by atoms with Gasteiger partial charge in [0.05, 0.1) is 27.7 Å². The molecule has 0 atom stereocenters. The molecule has 0 radical (unpaired) electrons. The lowest BCUT2D eigenvalue weighted by molar-refractivity contribution is -0.120. The quantitative estimate of drug-likeness (QED) is 0.482. The molecule has 0 spiro atoms. The molecule has 33 heavy (non-hydrogen) atoms. The van der Waals surface area contributed by atoms with Crippen LogP contribution in [0.15, 0.2) is 42.7 Å². The number of imidazole rings is 1. The second kappa shape index (κ2) is 7.17. The summed E-state index contributed by atoms with van der Waals surface area (Å²) >= 11 is 0. The number of nitrogens with one attached hydrogen (secondary N) is 1. The monoisotopic (exact) mass is 434 g/mol. The molecule has 7 nitrogen and oxygen atoms in total. The molecule has 1 amide bonds. The molecule has 1 aliphatic heterocycles. The minimum absolute atomic E-state index is 0.322. The van der Waals surface area contributed by atoms with Crippen molar-refractivity contribution in [2.45, 2.75) is 31.2 Å². The number of primary amides is 1. The highest BCUT2D eigenvalue weighted by molar-refractivity contribution is 5.97. The van der Waals surface area contributed by atoms with Crippen molar-refractivity contribution in [2.75, 3.05) is 12.4 Å². The van der Waals surface area contributed by atoms with Crippen LogP contribution in [0.25, 0.3) is 27.9 Å². The van der Waals surface area contributed by atoms with Crippen LogP contribution in [0.5, 0.6) is 0 Å². The second-order valence-electron chi connectivity index (χ2n) is 8.60. The number of pyridine rings is 2. The number of nitrogens with zero attached hydrogens (tertiary/aromatic N) is 4. The molecule has 0 bridgehead atoms. The molecule has 4 aromatic rings. The Hall–Kier alpha value is -4.18. The van der Waals surface area contributed by atoms with Gasteiger partial charge in [-0.2, -0.15) is 0 Å². The first kappa shape index (κ1) is 19.5. The maximum Gasteiger partial charge on any atom is 0.229 e. The molecular formula is C26H22N6O. The molecule has 3 N–H and O–H groups in total. The van der Waals surface area contributed by atoms with Crippen LogP contribution in [0.3, 0.4) is 0 Å². The number of nitrogens with two attached hydrogens (primary N) is 1. The highest BCUT2D eigenvalue weighted by atomic mass is 16.1. The average Bonchev–Trinajstić information content (AvgIpc) is 3.58. The molecule has 162 valence electrons. The summed E-state index contributed by atoms with van der Waals surface area (Å²) in [5.74, 6) is 7.97. The van der Waals surface area contributed by atoms with Gasteiger partial charge in [-0.25, -0.2) is 9.97 Å². The van der Waals surface area contributed by atoms with Gasteiger partial charge in [-0.05, 0) is 49.6 Å². The van der Waals surface area contributed by atoms with Gasteiger partial charge < -0.3 is 15.6 Å². The van der Waals surface area contributed by atoms with Crippen molar-refractivity contribution in [3.63, 3.8) is 0 Å². The molecule has 1 aliphatic carbocycles. The van der Waals surface area contributed by atoms with Crippen molar-refractivity contribution in [3.05, 3.63) is 65.4 Å². The zero-order chi connectivity index (χ0) is 22.6. The van der Waals surface area contributed by atoms with Gasteiger partial charge in [0.15, 0.2) is 0 Å². The number of hydrogen-bond acceptors (Lipinski definition) is 5. The molecule has 7 heteroatoms. The number of anilines is 1. The van der Waals surface area contributed by atoms with Crippen LogP contribution in [-0.2, 0) is 16.8 Å². The first-order valence-electron chi connectivity index (χ1n) is 11.0. The summed E-state index contributed by atoms with van der Waals surface area (Å²) in [7, 11) is 1.82. The zero-order valence-corrected chi connectivity index (χ0v) is 18.2. The number of rotatable bonds is 3. The fraction of sp³-hybridized carbons (Fsp3) is 0.231. The second-order valence-corrected chi connectivity index (χ2v) is 8.60. The number of hydrogen-bond donors (Lipinski definition) is 2. The number of fused-ring (bicyclic) bond motifs is 4. The summed E-state index contributed by atoms with van der Waals surface area (Å²) in [6, 6.07) is 8.05. The Balaban J connectivity index is 1.46. The number of benzene rings is 1. The number of allylic oxidation sites excluding steroid dienone is 1. The van der Waals surface area contributed by atoms with Crippen molar-refractivity contribution in [1.29, 1.82) is 0 Å². The Morgan fingerprint density at radius 1 is 1.15 bits per heavy atom. The molecule has 4 heterocycles. The summed E-state index contributed by atoms with van der Waals surface area (Å²) in [6.07, 6.45) is 10.2. The van der Waals surface area contributed by atoms with Crippen molar-refractivity contribution in [2.24, 2.45) is 5.73 Å². The van der Waals surface area contributed by atoms with Crippen LogP contribution in [0.1, 0.15) is 41.9 Å². The third-order valence-electron chi connectivity index (χ3n) is 6.63. The van der Waals surface area contributed by atoms with E-state index in [-0.39, 0.29) is 5.91 Å². The van der Waals surface area contributed by atoms with Gasteiger partial charge in [-0.15, -0.1) is 0 Å². The van der Waals surface area contributed by atoms with Crippen LogP contribution < -0.4 is 11.1 Å². The summed E-state index contributed by atoms with van der Waals surface area (Å²) in [5.41, 5.74) is 9.51. The highest BCUT2D eigenvalue weighted by Gasteiger charge is 2.51. The maximum atomic E-state index is 12.0. The van der Waals surface area contributed by atoms with E-state index in [4.69, 9.17) is 10.7 Å². The fourth-order valence-electron chi connectivity index (χ4n) is 4.56. The largest absolute Gasteiger partial charge is 0.373 e. The Kier molecular flexibility index (Phi) is 4.24. The van der Waals surface area contributed by atoms with Crippen LogP contribution in [0.2, 0.25) is 0 Å². The average molecular weight is 435 g/mol. The summed E-state index contributed by atoms with van der Waals surface area (Å²) in [6.45, 7) is 0.927. The van der Waals surface area contributed by atoms with E-state index < -0.39 is 5.41 Å². The molecule has 0 unspecified atom stereocenters. The van der Waals surface area contributed by atoms with Crippen LogP contribution >= 0.6 is 0 Å². The van der Waals surface area contributed by atoms with E-state index in [0.717, 1.165) is 70.4 Å². The number of carbonyl (C=O) groups excluding carboxylic acids is 1. The summed E-state index contributed by atoms with van der Waals surface area (Å²) in [5, 5.41) is 4.88. The zero-order valence-electron chi connectivity index (χ0n) is 18.2. The van der Waals surface area contributed by atoms with E-state index >= 15 is 0 Å². The lowest BCUT2D eigenvalue weighted by atomic mass is 9.98. The number of amides is 1.